The lowest BCUT2D eigenvalue weighted by atomic mass is 9.80. The second-order valence-corrected chi connectivity index (χ2v) is 7.59. The molecule has 0 aromatic carbocycles. The Hall–Kier alpha value is -0.130. The molecule has 1 fully saturated rings. The molecule has 2 N–H and O–H groups in total. The van der Waals surface area contributed by atoms with Crippen molar-refractivity contribution in [1.82, 2.24) is 5.32 Å². The monoisotopic (exact) mass is 263 g/mol. The van der Waals surface area contributed by atoms with Gasteiger partial charge in [0.1, 0.15) is 9.84 Å². The molecule has 0 bridgehead atoms. The van der Waals surface area contributed by atoms with E-state index in [2.05, 4.69) is 12.2 Å². The second-order valence-electron chi connectivity index (χ2n) is 5.33. The van der Waals surface area contributed by atoms with Crippen LogP contribution in [0.4, 0.5) is 0 Å². The first-order valence-corrected chi connectivity index (χ1v) is 8.54. The van der Waals surface area contributed by atoms with Gasteiger partial charge in [-0.1, -0.05) is 6.92 Å². The van der Waals surface area contributed by atoms with Gasteiger partial charge in [0, 0.05) is 12.3 Å². The van der Waals surface area contributed by atoms with Gasteiger partial charge in [-0.25, -0.2) is 8.42 Å². The van der Waals surface area contributed by atoms with Gasteiger partial charge in [0.15, 0.2) is 0 Å². The lowest BCUT2D eigenvalue weighted by Gasteiger charge is -2.36. The van der Waals surface area contributed by atoms with Gasteiger partial charge < -0.3 is 10.4 Å². The summed E-state index contributed by atoms with van der Waals surface area (Å²) in [7, 11) is -2.96. The molecule has 0 atom stereocenters. The molecule has 1 aliphatic rings. The van der Waals surface area contributed by atoms with Crippen molar-refractivity contribution in [3.05, 3.63) is 0 Å². The molecule has 102 valence electrons. The van der Waals surface area contributed by atoms with E-state index >= 15 is 0 Å². The molecule has 1 rings (SSSR count). The number of hydrogen-bond donors (Lipinski definition) is 2. The van der Waals surface area contributed by atoms with Gasteiger partial charge in [0.2, 0.25) is 0 Å². The SMILES string of the molecule is CCCNC1CCC(O)(CCS(C)(=O)=O)CC1. The van der Waals surface area contributed by atoms with Crippen LogP contribution in [0, 0.1) is 0 Å². The Labute approximate surface area is 105 Å². The zero-order valence-electron chi connectivity index (χ0n) is 10.9. The van der Waals surface area contributed by atoms with Crippen molar-refractivity contribution >= 4 is 9.84 Å². The van der Waals surface area contributed by atoms with Crippen LogP contribution in [0.5, 0.6) is 0 Å². The predicted molar refractivity (Wildman–Crippen MR) is 69.8 cm³/mol. The van der Waals surface area contributed by atoms with E-state index in [0.29, 0.717) is 25.3 Å². The molecule has 4 nitrogen and oxygen atoms in total. The quantitative estimate of drug-likeness (QED) is 0.753. The fourth-order valence-electron chi connectivity index (χ4n) is 2.33. The highest BCUT2D eigenvalue weighted by atomic mass is 32.2. The largest absolute Gasteiger partial charge is 0.390 e. The molecule has 1 aliphatic carbocycles. The number of sulfone groups is 1. The fourth-order valence-corrected chi connectivity index (χ4v) is 3.08. The van der Waals surface area contributed by atoms with E-state index in [0.717, 1.165) is 25.8 Å². The lowest BCUT2D eigenvalue weighted by molar-refractivity contribution is -0.00601. The Morgan fingerprint density at radius 3 is 2.41 bits per heavy atom. The van der Waals surface area contributed by atoms with Gasteiger partial charge in [0.25, 0.3) is 0 Å². The molecular formula is C12H25NO3S. The molecule has 0 aromatic heterocycles. The minimum atomic E-state index is -2.96. The van der Waals surface area contributed by atoms with E-state index < -0.39 is 15.4 Å². The topological polar surface area (TPSA) is 66.4 Å². The van der Waals surface area contributed by atoms with Gasteiger partial charge in [-0.2, -0.15) is 0 Å². The molecule has 0 saturated heterocycles. The molecule has 0 unspecified atom stereocenters. The van der Waals surface area contributed by atoms with Crippen LogP contribution in [0.25, 0.3) is 0 Å². The van der Waals surface area contributed by atoms with Gasteiger partial charge in [-0.05, 0) is 45.1 Å². The molecule has 0 radical (unpaired) electrons. The van der Waals surface area contributed by atoms with Crippen LogP contribution in [-0.2, 0) is 9.84 Å². The molecule has 0 heterocycles. The first-order valence-electron chi connectivity index (χ1n) is 6.48. The van der Waals surface area contributed by atoms with Crippen LogP contribution in [-0.4, -0.2) is 43.7 Å². The lowest BCUT2D eigenvalue weighted by Crippen LogP contribution is -2.42. The van der Waals surface area contributed by atoms with Crippen LogP contribution in [0.1, 0.15) is 45.4 Å². The zero-order valence-corrected chi connectivity index (χ0v) is 11.7. The average Bonchev–Trinajstić information content (AvgIpc) is 2.25. The van der Waals surface area contributed by atoms with Crippen molar-refractivity contribution in [3.63, 3.8) is 0 Å². The molecular weight excluding hydrogens is 238 g/mol. The van der Waals surface area contributed by atoms with Crippen LogP contribution in [0.15, 0.2) is 0 Å². The molecule has 0 aromatic rings. The maximum atomic E-state index is 11.1. The number of hydrogen-bond acceptors (Lipinski definition) is 4. The summed E-state index contributed by atoms with van der Waals surface area (Å²) >= 11 is 0. The summed E-state index contributed by atoms with van der Waals surface area (Å²) in [5.41, 5.74) is -0.756. The summed E-state index contributed by atoms with van der Waals surface area (Å²) in [5.74, 6) is 0.0938. The van der Waals surface area contributed by atoms with E-state index in [-0.39, 0.29) is 5.75 Å². The Morgan fingerprint density at radius 2 is 1.94 bits per heavy atom. The first kappa shape index (κ1) is 14.9. The van der Waals surface area contributed by atoms with Gasteiger partial charge >= 0.3 is 0 Å². The minimum Gasteiger partial charge on any atom is -0.390 e. The van der Waals surface area contributed by atoms with E-state index in [9.17, 15) is 13.5 Å². The van der Waals surface area contributed by atoms with Crippen LogP contribution >= 0.6 is 0 Å². The van der Waals surface area contributed by atoms with Crippen molar-refractivity contribution in [1.29, 1.82) is 0 Å². The molecule has 5 heteroatoms. The molecule has 0 aliphatic heterocycles. The second kappa shape index (κ2) is 6.16. The molecule has 0 spiro atoms. The number of rotatable bonds is 6. The Bertz CT molecular complexity index is 319. The van der Waals surface area contributed by atoms with Crippen molar-refractivity contribution in [2.75, 3.05) is 18.6 Å². The van der Waals surface area contributed by atoms with Gasteiger partial charge in [-0.15, -0.1) is 0 Å². The predicted octanol–water partition coefficient (Wildman–Crippen LogP) is 1.09. The standard InChI is InChI=1S/C12H25NO3S/c1-3-9-13-11-4-6-12(14,7-5-11)8-10-17(2,15)16/h11,13-14H,3-10H2,1-2H3. The average molecular weight is 263 g/mol. The van der Waals surface area contributed by atoms with Gasteiger partial charge in [-0.3, -0.25) is 0 Å². The summed E-state index contributed by atoms with van der Waals surface area (Å²) in [6.07, 6.45) is 6.04. The molecule has 17 heavy (non-hydrogen) atoms. The summed E-state index contributed by atoms with van der Waals surface area (Å²) in [6.45, 7) is 3.16. The molecule has 1 saturated carbocycles. The van der Waals surface area contributed by atoms with Crippen LogP contribution in [0.2, 0.25) is 0 Å². The third-order valence-electron chi connectivity index (χ3n) is 3.54. The van der Waals surface area contributed by atoms with E-state index in [1.807, 2.05) is 0 Å². The highest BCUT2D eigenvalue weighted by Crippen LogP contribution is 2.31. The molecule has 0 amide bonds. The Balaban J connectivity index is 2.33. The smallest absolute Gasteiger partial charge is 0.147 e. The summed E-state index contributed by atoms with van der Waals surface area (Å²) in [4.78, 5) is 0. The summed E-state index contributed by atoms with van der Waals surface area (Å²) in [5, 5.41) is 13.7. The third-order valence-corrected chi connectivity index (χ3v) is 4.48. The van der Waals surface area contributed by atoms with Crippen molar-refractivity contribution in [2.24, 2.45) is 0 Å². The maximum absolute atomic E-state index is 11.1. The Morgan fingerprint density at radius 1 is 1.35 bits per heavy atom. The van der Waals surface area contributed by atoms with Gasteiger partial charge in [0.05, 0.1) is 11.4 Å². The van der Waals surface area contributed by atoms with E-state index in [1.54, 1.807) is 0 Å². The normalized spacial score (nSPS) is 30.4. The Kier molecular flexibility index (Phi) is 5.41. The summed E-state index contributed by atoms with van der Waals surface area (Å²) in [6, 6.07) is 0.494. The van der Waals surface area contributed by atoms with Crippen LogP contribution < -0.4 is 5.32 Å². The van der Waals surface area contributed by atoms with Crippen LogP contribution in [0.3, 0.4) is 0 Å². The zero-order chi connectivity index (χ0) is 12.9. The highest BCUT2D eigenvalue weighted by Gasteiger charge is 2.33. The van der Waals surface area contributed by atoms with E-state index in [1.165, 1.54) is 6.26 Å². The number of nitrogens with one attached hydrogen (secondary N) is 1. The van der Waals surface area contributed by atoms with Crippen molar-refractivity contribution < 1.29 is 13.5 Å². The minimum absolute atomic E-state index is 0.0938. The maximum Gasteiger partial charge on any atom is 0.147 e. The number of aliphatic hydroxyl groups is 1. The first-order chi connectivity index (χ1) is 7.85. The third kappa shape index (κ3) is 5.84. The highest BCUT2D eigenvalue weighted by molar-refractivity contribution is 7.90. The fraction of sp³-hybridized carbons (Fsp3) is 1.00. The van der Waals surface area contributed by atoms with Crippen molar-refractivity contribution in [2.45, 2.75) is 57.1 Å². The summed E-state index contributed by atoms with van der Waals surface area (Å²) < 4.78 is 22.2. The van der Waals surface area contributed by atoms with Crippen molar-refractivity contribution in [3.8, 4) is 0 Å². The van der Waals surface area contributed by atoms with E-state index in [4.69, 9.17) is 0 Å².